The molecular formula is C17H13N5O4. The van der Waals surface area contributed by atoms with E-state index in [9.17, 15) is 20.0 Å². The van der Waals surface area contributed by atoms with Gasteiger partial charge in [0.15, 0.2) is 5.75 Å². The monoisotopic (exact) mass is 351 g/mol. The second-order valence-corrected chi connectivity index (χ2v) is 5.22. The Balaban J connectivity index is 1.81. The molecule has 0 saturated carbocycles. The second-order valence-electron chi connectivity index (χ2n) is 5.22. The van der Waals surface area contributed by atoms with E-state index in [2.05, 4.69) is 20.5 Å². The lowest BCUT2D eigenvalue weighted by molar-refractivity contribution is -0.385. The molecular weight excluding hydrogens is 338 g/mol. The number of nitrogens with one attached hydrogen (secondary N) is 2. The lowest BCUT2D eigenvalue weighted by atomic mass is 10.1. The minimum absolute atomic E-state index is 0.126. The number of anilines is 1. The van der Waals surface area contributed by atoms with E-state index >= 15 is 0 Å². The maximum absolute atomic E-state index is 11.8. The standard InChI is InChI=1S/C17H13N5O4/c23-15-7-6-11(8-14(15)22(25)26)10-18-21-17-19-13(9-16(24)20-17)12-4-2-1-3-5-12/h1-10,23H,(H2,19,20,21,24)/b18-10-. The van der Waals surface area contributed by atoms with E-state index in [-0.39, 0.29) is 11.5 Å². The van der Waals surface area contributed by atoms with E-state index in [0.29, 0.717) is 11.3 Å². The van der Waals surface area contributed by atoms with Crippen molar-refractivity contribution in [3.8, 4) is 17.0 Å². The van der Waals surface area contributed by atoms with E-state index < -0.39 is 16.4 Å². The molecule has 0 aliphatic heterocycles. The zero-order valence-electron chi connectivity index (χ0n) is 13.3. The van der Waals surface area contributed by atoms with Crippen molar-refractivity contribution in [1.82, 2.24) is 9.97 Å². The fraction of sp³-hybridized carbons (Fsp3) is 0. The number of rotatable bonds is 5. The molecule has 130 valence electrons. The van der Waals surface area contributed by atoms with Crippen LogP contribution in [0, 0.1) is 10.1 Å². The van der Waals surface area contributed by atoms with Gasteiger partial charge in [0, 0.05) is 23.3 Å². The summed E-state index contributed by atoms with van der Waals surface area (Å²) >= 11 is 0. The molecule has 9 heteroatoms. The van der Waals surface area contributed by atoms with Crippen molar-refractivity contribution >= 4 is 17.9 Å². The van der Waals surface area contributed by atoms with Crippen LogP contribution >= 0.6 is 0 Å². The van der Waals surface area contributed by atoms with Crippen LogP contribution in [-0.2, 0) is 0 Å². The van der Waals surface area contributed by atoms with E-state index in [0.717, 1.165) is 5.56 Å². The molecule has 0 spiro atoms. The number of benzene rings is 2. The number of nitro benzene ring substituents is 1. The molecule has 0 unspecified atom stereocenters. The molecule has 0 amide bonds. The summed E-state index contributed by atoms with van der Waals surface area (Å²) < 4.78 is 0. The maximum Gasteiger partial charge on any atom is 0.311 e. The third-order valence-corrected chi connectivity index (χ3v) is 3.39. The Morgan fingerprint density at radius 1 is 1.19 bits per heavy atom. The Morgan fingerprint density at radius 3 is 2.69 bits per heavy atom. The van der Waals surface area contributed by atoms with Gasteiger partial charge in [-0.2, -0.15) is 5.10 Å². The van der Waals surface area contributed by atoms with Crippen LogP contribution in [-0.4, -0.2) is 26.2 Å². The number of hydrogen-bond acceptors (Lipinski definition) is 7. The molecule has 26 heavy (non-hydrogen) atoms. The summed E-state index contributed by atoms with van der Waals surface area (Å²) in [4.78, 5) is 28.7. The summed E-state index contributed by atoms with van der Waals surface area (Å²) in [6, 6.07) is 14.4. The van der Waals surface area contributed by atoms with Gasteiger partial charge in [-0.1, -0.05) is 30.3 Å². The van der Waals surface area contributed by atoms with Crippen LogP contribution in [0.1, 0.15) is 5.56 Å². The molecule has 3 rings (SSSR count). The SMILES string of the molecule is O=c1cc(-c2ccccc2)nc(N/N=C\c2ccc(O)c([N+](=O)[O-])c2)[nH]1. The van der Waals surface area contributed by atoms with Crippen molar-refractivity contribution in [2.75, 3.05) is 5.43 Å². The second kappa shape index (κ2) is 7.26. The lowest BCUT2D eigenvalue weighted by Gasteiger charge is -2.03. The minimum Gasteiger partial charge on any atom is -0.502 e. The van der Waals surface area contributed by atoms with Gasteiger partial charge in [0.1, 0.15) is 0 Å². The number of nitro groups is 1. The average Bonchev–Trinajstić information content (AvgIpc) is 2.63. The molecule has 9 nitrogen and oxygen atoms in total. The highest BCUT2D eigenvalue weighted by Gasteiger charge is 2.12. The number of aromatic amines is 1. The van der Waals surface area contributed by atoms with Gasteiger partial charge < -0.3 is 5.11 Å². The molecule has 3 aromatic rings. The fourth-order valence-electron chi connectivity index (χ4n) is 2.20. The number of H-pyrrole nitrogens is 1. The van der Waals surface area contributed by atoms with Crippen molar-refractivity contribution in [1.29, 1.82) is 0 Å². The molecule has 0 aliphatic rings. The van der Waals surface area contributed by atoms with Gasteiger partial charge in [0.2, 0.25) is 5.95 Å². The Labute approximate surface area is 146 Å². The van der Waals surface area contributed by atoms with Gasteiger partial charge in [-0.3, -0.25) is 19.9 Å². The number of phenolic OH excluding ortho intramolecular Hbond substituents is 1. The van der Waals surface area contributed by atoms with E-state index in [1.54, 1.807) is 0 Å². The van der Waals surface area contributed by atoms with Crippen LogP contribution in [0.5, 0.6) is 5.75 Å². The predicted octanol–water partition coefficient (Wildman–Crippen LogP) is 2.50. The average molecular weight is 351 g/mol. The number of hydrazone groups is 1. The molecule has 0 fully saturated rings. The smallest absolute Gasteiger partial charge is 0.311 e. The van der Waals surface area contributed by atoms with Crippen LogP contribution in [0.25, 0.3) is 11.3 Å². The van der Waals surface area contributed by atoms with Crippen molar-refractivity contribution in [3.05, 3.63) is 80.6 Å². The summed E-state index contributed by atoms with van der Waals surface area (Å²) in [7, 11) is 0. The Kier molecular flexibility index (Phi) is 4.70. The molecule has 0 atom stereocenters. The maximum atomic E-state index is 11.8. The van der Waals surface area contributed by atoms with E-state index in [1.807, 2.05) is 30.3 Å². The molecule has 0 aliphatic carbocycles. The number of hydrogen-bond donors (Lipinski definition) is 3. The number of nitrogens with zero attached hydrogens (tertiary/aromatic N) is 3. The van der Waals surface area contributed by atoms with Crippen LogP contribution in [0.2, 0.25) is 0 Å². The molecule has 2 aromatic carbocycles. The third-order valence-electron chi connectivity index (χ3n) is 3.39. The summed E-state index contributed by atoms with van der Waals surface area (Å²) in [5.41, 5.74) is 3.45. The first-order valence-electron chi connectivity index (χ1n) is 7.46. The summed E-state index contributed by atoms with van der Waals surface area (Å²) in [6.45, 7) is 0. The van der Waals surface area contributed by atoms with Crippen molar-refractivity contribution in [2.24, 2.45) is 5.10 Å². The molecule has 1 aromatic heterocycles. The van der Waals surface area contributed by atoms with Gasteiger partial charge >= 0.3 is 5.69 Å². The van der Waals surface area contributed by atoms with Crippen molar-refractivity contribution in [2.45, 2.75) is 0 Å². The fourth-order valence-corrected chi connectivity index (χ4v) is 2.20. The lowest BCUT2D eigenvalue weighted by Crippen LogP contribution is -2.10. The number of aromatic hydroxyl groups is 1. The molecule has 0 saturated heterocycles. The highest BCUT2D eigenvalue weighted by Crippen LogP contribution is 2.25. The van der Waals surface area contributed by atoms with Crippen LogP contribution < -0.4 is 11.0 Å². The molecule has 1 heterocycles. The summed E-state index contributed by atoms with van der Waals surface area (Å²) in [5.74, 6) is -0.303. The van der Waals surface area contributed by atoms with Crippen molar-refractivity contribution in [3.63, 3.8) is 0 Å². The predicted molar refractivity (Wildman–Crippen MR) is 96.3 cm³/mol. The van der Waals surface area contributed by atoms with Gasteiger partial charge in [-0.25, -0.2) is 10.4 Å². The number of phenols is 1. The Hall–Kier alpha value is -4.01. The van der Waals surface area contributed by atoms with E-state index in [4.69, 9.17) is 0 Å². The third kappa shape index (κ3) is 3.90. The molecule has 0 radical (unpaired) electrons. The Bertz CT molecular complexity index is 1030. The molecule has 0 bridgehead atoms. The highest BCUT2D eigenvalue weighted by molar-refractivity contribution is 5.82. The van der Waals surface area contributed by atoms with Crippen LogP contribution in [0.4, 0.5) is 11.6 Å². The highest BCUT2D eigenvalue weighted by atomic mass is 16.6. The van der Waals surface area contributed by atoms with Crippen LogP contribution in [0.3, 0.4) is 0 Å². The number of aromatic nitrogens is 2. The quantitative estimate of drug-likeness (QED) is 0.367. The van der Waals surface area contributed by atoms with Gasteiger partial charge in [-0.05, 0) is 12.1 Å². The first-order chi connectivity index (χ1) is 12.5. The summed E-state index contributed by atoms with van der Waals surface area (Å²) in [5, 5.41) is 24.1. The molecule has 3 N–H and O–H groups in total. The Morgan fingerprint density at radius 2 is 1.96 bits per heavy atom. The van der Waals surface area contributed by atoms with E-state index in [1.165, 1.54) is 30.5 Å². The summed E-state index contributed by atoms with van der Waals surface area (Å²) in [6.07, 6.45) is 1.31. The van der Waals surface area contributed by atoms with Crippen LogP contribution in [0.15, 0.2) is 64.5 Å². The van der Waals surface area contributed by atoms with Gasteiger partial charge in [-0.15, -0.1) is 0 Å². The van der Waals surface area contributed by atoms with Crippen molar-refractivity contribution < 1.29 is 10.0 Å². The zero-order chi connectivity index (χ0) is 18.5. The normalized spacial score (nSPS) is 10.8. The zero-order valence-corrected chi connectivity index (χ0v) is 13.3. The van der Waals surface area contributed by atoms with Gasteiger partial charge in [0.25, 0.3) is 5.56 Å². The topological polar surface area (TPSA) is 134 Å². The first-order valence-corrected chi connectivity index (χ1v) is 7.46. The van der Waals surface area contributed by atoms with Gasteiger partial charge in [0.05, 0.1) is 16.8 Å². The largest absolute Gasteiger partial charge is 0.502 e. The first kappa shape index (κ1) is 16.8. The minimum atomic E-state index is -0.692.